The summed E-state index contributed by atoms with van der Waals surface area (Å²) in [4.78, 5) is 46.1. The van der Waals surface area contributed by atoms with Crippen LogP contribution in [0.2, 0.25) is 0 Å². The monoisotopic (exact) mass is 453 g/mol. The second kappa shape index (κ2) is 11.1. The topological polar surface area (TPSA) is 134 Å². The molecule has 9 heteroatoms. The molecule has 0 radical (unpaired) electrons. The molecule has 0 saturated heterocycles. The van der Waals surface area contributed by atoms with Crippen LogP contribution in [0, 0.1) is 0 Å². The second-order valence-corrected chi connectivity index (χ2v) is 7.86. The number of fused-ring (bicyclic) bond motifs is 3. The van der Waals surface area contributed by atoms with E-state index in [1.54, 1.807) is 6.92 Å². The van der Waals surface area contributed by atoms with Crippen molar-refractivity contribution in [3.8, 4) is 11.1 Å². The lowest BCUT2D eigenvalue weighted by Crippen LogP contribution is -2.41. The first-order valence-corrected chi connectivity index (χ1v) is 10.7. The van der Waals surface area contributed by atoms with Crippen molar-refractivity contribution in [2.75, 3.05) is 19.7 Å². The Morgan fingerprint density at radius 1 is 0.909 bits per heavy atom. The average molecular weight is 453 g/mol. The summed E-state index contributed by atoms with van der Waals surface area (Å²) in [5.41, 5.74) is 4.47. The summed E-state index contributed by atoms with van der Waals surface area (Å²) in [5, 5.41) is 15.9. The summed E-state index contributed by atoms with van der Waals surface area (Å²) in [6, 6.07) is 15.7. The van der Waals surface area contributed by atoms with Crippen molar-refractivity contribution in [2.24, 2.45) is 0 Å². The van der Waals surface area contributed by atoms with Gasteiger partial charge in [-0.1, -0.05) is 48.5 Å². The van der Waals surface area contributed by atoms with Crippen molar-refractivity contribution >= 4 is 23.9 Å². The van der Waals surface area contributed by atoms with Gasteiger partial charge >= 0.3 is 12.1 Å². The summed E-state index contributed by atoms with van der Waals surface area (Å²) in [7, 11) is 0. The molecule has 3 rings (SSSR count). The number of carbonyl (C=O) groups is 4. The molecule has 1 aliphatic rings. The zero-order valence-corrected chi connectivity index (χ0v) is 18.3. The highest BCUT2D eigenvalue weighted by Gasteiger charge is 2.29. The standard InChI is InChI=1S/C24H27N3O6/c1-15(10-11-21(28)25-13-23(30)31)27-22(29)12-26-24(32)33-14-20-18-8-4-2-6-16(18)17-7-3-5-9-19(17)20/h2-9,15,20H,10-14H2,1H3,(H,25,28)(H,26,32)(H,27,29)(H,30,31). The molecule has 174 valence electrons. The lowest BCUT2D eigenvalue weighted by molar-refractivity contribution is -0.137. The number of carboxylic acid groups (broad SMARTS) is 1. The molecule has 0 heterocycles. The van der Waals surface area contributed by atoms with Crippen LogP contribution in [0.1, 0.15) is 36.8 Å². The molecule has 2 aromatic carbocycles. The number of ether oxygens (including phenoxy) is 1. The summed E-state index contributed by atoms with van der Waals surface area (Å²) >= 11 is 0. The van der Waals surface area contributed by atoms with Gasteiger partial charge in [-0.25, -0.2) is 4.79 Å². The van der Waals surface area contributed by atoms with E-state index in [2.05, 4.69) is 28.1 Å². The van der Waals surface area contributed by atoms with Gasteiger partial charge in [-0.2, -0.15) is 0 Å². The van der Waals surface area contributed by atoms with Gasteiger partial charge in [-0.05, 0) is 35.6 Å². The smallest absolute Gasteiger partial charge is 0.407 e. The molecule has 0 saturated carbocycles. The Morgan fingerprint density at radius 3 is 2.12 bits per heavy atom. The minimum absolute atomic E-state index is 0.0655. The van der Waals surface area contributed by atoms with Crippen molar-refractivity contribution in [3.63, 3.8) is 0 Å². The first kappa shape index (κ1) is 23.8. The van der Waals surface area contributed by atoms with Crippen molar-refractivity contribution in [1.82, 2.24) is 16.0 Å². The maximum Gasteiger partial charge on any atom is 0.407 e. The normalized spacial score (nSPS) is 12.8. The molecule has 0 spiro atoms. The number of hydrogen-bond donors (Lipinski definition) is 4. The van der Waals surface area contributed by atoms with Crippen LogP contribution in [-0.2, 0) is 19.1 Å². The SMILES string of the molecule is CC(CCC(=O)NCC(=O)O)NC(=O)CNC(=O)OCC1c2ccccc2-c2ccccc21. The summed E-state index contributed by atoms with van der Waals surface area (Å²) in [6.07, 6.45) is -0.274. The highest BCUT2D eigenvalue weighted by molar-refractivity contribution is 5.83. The molecule has 0 aliphatic heterocycles. The van der Waals surface area contributed by atoms with E-state index in [0.717, 1.165) is 22.3 Å². The van der Waals surface area contributed by atoms with E-state index in [0.29, 0.717) is 6.42 Å². The molecule has 2 aromatic rings. The van der Waals surface area contributed by atoms with E-state index >= 15 is 0 Å². The van der Waals surface area contributed by atoms with Crippen molar-refractivity contribution in [1.29, 1.82) is 0 Å². The van der Waals surface area contributed by atoms with Crippen LogP contribution in [0.5, 0.6) is 0 Å². The molecule has 1 unspecified atom stereocenters. The van der Waals surface area contributed by atoms with E-state index in [4.69, 9.17) is 9.84 Å². The van der Waals surface area contributed by atoms with Gasteiger partial charge in [0.25, 0.3) is 0 Å². The van der Waals surface area contributed by atoms with Crippen molar-refractivity contribution < 1.29 is 29.0 Å². The molecule has 4 N–H and O–H groups in total. The van der Waals surface area contributed by atoms with Gasteiger partial charge in [-0.15, -0.1) is 0 Å². The summed E-state index contributed by atoms with van der Waals surface area (Å²) in [6.45, 7) is 1.18. The first-order chi connectivity index (χ1) is 15.8. The number of hydrogen-bond acceptors (Lipinski definition) is 5. The van der Waals surface area contributed by atoms with Crippen LogP contribution in [0.25, 0.3) is 11.1 Å². The van der Waals surface area contributed by atoms with Crippen LogP contribution in [0.4, 0.5) is 4.79 Å². The fourth-order valence-electron chi connectivity index (χ4n) is 3.81. The second-order valence-electron chi connectivity index (χ2n) is 7.86. The highest BCUT2D eigenvalue weighted by Crippen LogP contribution is 2.44. The van der Waals surface area contributed by atoms with Gasteiger partial charge in [0, 0.05) is 18.4 Å². The van der Waals surface area contributed by atoms with E-state index in [9.17, 15) is 19.2 Å². The lowest BCUT2D eigenvalue weighted by atomic mass is 9.98. The summed E-state index contributed by atoms with van der Waals surface area (Å²) < 4.78 is 5.39. The van der Waals surface area contributed by atoms with E-state index < -0.39 is 30.4 Å². The maximum absolute atomic E-state index is 12.1. The molecule has 33 heavy (non-hydrogen) atoms. The third kappa shape index (κ3) is 6.55. The van der Waals surface area contributed by atoms with E-state index in [-0.39, 0.29) is 31.5 Å². The summed E-state index contributed by atoms with van der Waals surface area (Å²) in [5.74, 6) is -2.01. The fourth-order valence-corrected chi connectivity index (χ4v) is 3.81. The Bertz CT molecular complexity index is 993. The Hall–Kier alpha value is -3.88. The van der Waals surface area contributed by atoms with Gasteiger partial charge < -0.3 is 25.8 Å². The molecule has 1 atom stereocenters. The molecular formula is C24H27N3O6. The van der Waals surface area contributed by atoms with Crippen molar-refractivity contribution in [3.05, 3.63) is 59.7 Å². The zero-order valence-electron chi connectivity index (χ0n) is 18.3. The molecule has 0 bridgehead atoms. The fraction of sp³-hybridized carbons (Fsp3) is 0.333. The predicted octanol–water partition coefficient (Wildman–Crippen LogP) is 2.01. The number of amides is 3. The third-order valence-electron chi connectivity index (χ3n) is 5.39. The van der Waals surface area contributed by atoms with Gasteiger partial charge in [0.05, 0.1) is 0 Å². The number of alkyl carbamates (subject to hydrolysis) is 1. The van der Waals surface area contributed by atoms with Gasteiger partial charge in [-0.3, -0.25) is 14.4 Å². The number of benzene rings is 2. The number of aliphatic carboxylic acids is 1. The van der Waals surface area contributed by atoms with Gasteiger partial charge in [0.2, 0.25) is 11.8 Å². The number of nitrogens with one attached hydrogen (secondary N) is 3. The Balaban J connectivity index is 1.40. The Morgan fingerprint density at radius 2 is 1.52 bits per heavy atom. The minimum Gasteiger partial charge on any atom is -0.480 e. The third-order valence-corrected chi connectivity index (χ3v) is 5.39. The van der Waals surface area contributed by atoms with Gasteiger partial charge in [0.1, 0.15) is 19.7 Å². The number of rotatable bonds is 10. The lowest BCUT2D eigenvalue weighted by Gasteiger charge is -2.16. The molecular weight excluding hydrogens is 426 g/mol. The zero-order chi connectivity index (χ0) is 23.8. The molecule has 0 aromatic heterocycles. The van der Waals surface area contributed by atoms with E-state index in [1.165, 1.54) is 0 Å². The highest BCUT2D eigenvalue weighted by atomic mass is 16.5. The molecule has 9 nitrogen and oxygen atoms in total. The molecule has 0 fully saturated rings. The molecule has 3 amide bonds. The number of carbonyl (C=O) groups excluding carboxylic acids is 3. The largest absolute Gasteiger partial charge is 0.480 e. The predicted molar refractivity (Wildman–Crippen MR) is 121 cm³/mol. The maximum atomic E-state index is 12.1. The molecule has 1 aliphatic carbocycles. The van der Waals surface area contributed by atoms with Crippen LogP contribution in [0.3, 0.4) is 0 Å². The van der Waals surface area contributed by atoms with Gasteiger partial charge in [0.15, 0.2) is 0 Å². The Labute approximate surface area is 191 Å². The quantitative estimate of drug-likeness (QED) is 0.435. The van der Waals surface area contributed by atoms with Crippen LogP contribution in [-0.4, -0.2) is 54.7 Å². The Kier molecular flexibility index (Phi) is 8.01. The number of carboxylic acids is 1. The average Bonchev–Trinajstić information content (AvgIpc) is 3.12. The minimum atomic E-state index is -1.12. The van der Waals surface area contributed by atoms with Crippen LogP contribution >= 0.6 is 0 Å². The first-order valence-electron chi connectivity index (χ1n) is 10.7. The van der Waals surface area contributed by atoms with E-state index in [1.807, 2.05) is 36.4 Å². The van der Waals surface area contributed by atoms with Crippen LogP contribution < -0.4 is 16.0 Å². The van der Waals surface area contributed by atoms with Crippen LogP contribution in [0.15, 0.2) is 48.5 Å². The van der Waals surface area contributed by atoms with Crippen molar-refractivity contribution in [2.45, 2.75) is 31.7 Å².